The molecular formula is C12H22ClNO. The van der Waals surface area contributed by atoms with E-state index in [1.165, 1.54) is 25.7 Å². The van der Waals surface area contributed by atoms with Gasteiger partial charge in [0.15, 0.2) is 0 Å². The molecule has 2 nitrogen and oxygen atoms in total. The van der Waals surface area contributed by atoms with Crippen molar-refractivity contribution < 1.29 is 4.79 Å². The van der Waals surface area contributed by atoms with Crippen molar-refractivity contribution in [1.29, 1.82) is 0 Å². The van der Waals surface area contributed by atoms with Crippen LogP contribution in [-0.4, -0.2) is 17.8 Å². The van der Waals surface area contributed by atoms with Gasteiger partial charge in [0.1, 0.15) is 0 Å². The quantitative estimate of drug-likeness (QED) is 0.553. The third-order valence-electron chi connectivity index (χ3n) is 3.28. The van der Waals surface area contributed by atoms with Crippen LogP contribution < -0.4 is 5.32 Å². The molecule has 1 fully saturated rings. The molecule has 0 heterocycles. The van der Waals surface area contributed by atoms with Gasteiger partial charge in [-0.2, -0.15) is 0 Å². The van der Waals surface area contributed by atoms with E-state index in [9.17, 15) is 4.79 Å². The number of alkyl halides is 1. The lowest BCUT2D eigenvalue weighted by Crippen LogP contribution is -2.37. The topological polar surface area (TPSA) is 29.1 Å². The molecule has 1 saturated carbocycles. The van der Waals surface area contributed by atoms with Crippen LogP contribution in [0.5, 0.6) is 0 Å². The zero-order valence-electron chi connectivity index (χ0n) is 9.60. The van der Waals surface area contributed by atoms with E-state index in [0.717, 1.165) is 12.8 Å². The number of hydrogen-bond donors (Lipinski definition) is 1. The van der Waals surface area contributed by atoms with E-state index in [0.29, 0.717) is 24.3 Å². The van der Waals surface area contributed by atoms with Crippen LogP contribution in [0.25, 0.3) is 0 Å². The normalized spacial score (nSPS) is 19.1. The molecule has 15 heavy (non-hydrogen) atoms. The maximum Gasteiger partial charge on any atom is 0.220 e. The fraction of sp³-hybridized carbons (Fsp3) is 0.917. The Bertz CT molecular complexity index is 190. The Morgan fingerprint density at radius 2 is 2.07 bits per heavy atom. The summed E-state index contributed by atoms with van der Waals surface area (Å²) < 4.78 is 0. The van der Waals surface area contributed by atoms with Crippen molar-refractivity contribution in [1.82, 2.24) is 5.32 Å². The van der Waals surface area contributed by atoms with Crippen LogP contribution in [0.3, 0.4) is 0 Å². The van der Waals surface area contributed by atoms with Gasteiger partial charge in [0.25, 0.3) is 0 Å². The molecule has 0 aromatic carbocycles. The van der Waals surface area contributed by atoms with Gasteiger partial charge in [0.2, 0.25) is 5.91 Å². The minimum atomic E-state index is 0.194. The molecular weight excluding hydrogens is 210 g/mol. The van der Waals surface area contributed by atoms with E-state index in [4.69, 9.17) is 11.6 Å². The molecule has 1 amide bonds. The van der Waals surface area contributed by atoms with Crippen LogP contribution in [0.1, 0.15) is 51.9 Å². The highest BCUT2D eigenvalue weighted by Gasteiger charge is 2.22. The zero-order chi connectivity index (χ0) is 11.1. The molecule has 0 saturated heterocycles. The summed E-state index contributed by atoms with van der Waals surface area (Å²) in [5, 5.41) is 3.10. The molecule has 0 aromatic rings. The highest BCUT2D eigenvalue weighted by Crippen LogP contribution is 2.27. The third-order valence-corrected chi connectivity index (χ3v) is 3.55. The van der Waals surface area contributed by atoms with E-state index in [-0.39, 0.29) is 5.91 Å². The molecule has 1 rings (SSSR count). The summed E-state index contributed by atoms with van der Waals surface area (Å²) in [6.07, 6.45) is 7.70. The van der Waals surface area contributed by atoms with Gasteiger partial charge in [-0.25, -0.2) is 0 Å². The minimum absolute atomic E-state index is 0.194. The first-order valence-electron chi connectivity index (χ1n) is 6.09. The molecule has 0 spiro atoms. The van der Waals surface area contributed by atoms with Gasteiger partial charge in [-0.15, -0.1) is 11.6 Å². The van der Waals surface area contributed by atoms with Crippen LogP contribution in [0, 0.1) is 5.92 Å². The Morgan fingerprint density at radius 1 is 1.40 bits per heavy atom. The number of halogens is 1. The Kier molecular flexibility index (Phi) is 6.07. The number of carbonyl (C=O) groups is 1. The van der Waals surface area contributed by atoms with Crippen LogP contribution >= 0.6 is 11.6 Å². The number of rotatable bonds is 6. The number of carbonyl (C=O) groups excluding carboxylic acids is 1. The summed E-state index contributed by atoms with van der Waals surface area (Å²) in [5.41, 5.74) is 0. The van der Waals surface area contributed by atoms with Crippen molar-refractivity contribution in [2.24, 2.45) is 5.92 Å². The Morgan fingerprint density at radius 3 is 2.67 bits per heavy atom. The monoisotopic (exact) mass is 231 g/mol. The second-order valence-electron chi connectivity index (χ2n) is 4.55. The van der Waals surface area contributed by atoms with Crippen molar-refractivity contribution in [2.45, 2.75) is 57.9 Å². The SMILES string of the molecule is C[C@H](NC(=O)CCCCCl)C1CCCC1. The maximum atomic E-state index is 11.5. The van der Waals surface area contributed by atoms with E-state index >= 15 is 0 Å². The first-order valence-corrected chi connectivity index (χ1v) is 6.63. The molecule has 3 heteroatoms. The minimum Gasteiger partial charge on any atom is -0.353 e. The standard InChI is InChI=1S/C12H22ClNO/c1-10(11-6-2-3-7-11)14-12(15)8-4-5-9-13/h10-11H,2-9H2,1H3,(H,14,15)/t10-/m0/s1. The smallest absolute Gasteiger partial charge is 0.220 e. The molecule has 0 unspecified atom stereocenters. The van der Waals surface area contributed by atoms with Gasteiger partial charge in [0.05, 0.1) is 0 Å². The zero-order valence-corrected chi connectivity index (χ0v) is 10.4. The van der Waals surface area contributed by atoms with Crippen LogP contribution in [0.2, 0.25) is 0 Å². The molecule has 1 aliphatic rings. The van der Waals surface area contributed by atoms with E-state index in [2.05, 4.69) is 12.2 Å². The average Bonchev–Trinajstić information content (AvgIpc) is 2.70. The van der Waals surface area contributed by atoms with Gasteiger partial charge in [0, 0.05) is 18.3 Å². The van der Waals surface area contributed by atoms with Crippen molar-refractivity contribution in [2.75, 3.05) is 5.88 Å². The van der Waals surface area contributed by atoms with Crippen molar-refractivity contribution >= 4 is 17.5 Å². The van der Waals surface area contributed by atoms with E-state index in [1.807, 2.05) is 0 Å². The fourth-order valence-electron chi connectivity index (χ4n) is 2.28. The number of unbranched alkanes of at least 4 members (excludes halogenated alkanes) is 1. The van der Waals surface area contributed by atoms with Gasteiger partial charge >= 0.3 is 0 Å². The van der Waals surface area contributed by atoms with Gasteiger partial charge in [-0.1, -0.05) is 12.8 Å². The molecule has 88 valence electrons. The third kappa shape index (κ3) is 4.87. The molecule has 0 bridgehead atoms. The van der Waals surface area contributed by atoms with Crippen molar-refractivity contribution in [3.63, 3.8) is 0 Å². The Labute approximate surface area is 97.8 Å². The lowest BCUT2D eigenvalue weighted by Gasteiger charge is -2.20. The molecule has 0 aromatic heterocycles. The molecule has 0 radical (unpaired) electrons. The molecule has 1 aliphatic carbocycles. The predicted octanol–water partition coefficient (Wildman–Crippen LogP) is 3.09. The number of amides is 1. The lowest BCUT2D eigenvalue weighted by molar-refractivity contribution is -0.122. The average molecular weight is 232 g/mol. The first-order chi connectivity index (χ1) is 7.24. The second kappa shape index (κ2) is 7.10. The maximum absolute atomic E-state index is 11.5. The first kappa shape index (κ1) is 12.8. The lowest BCUT2D eigenvalue weighted by atomic mass is 9.99. The summed E-state index contributed by atoms with van der Waals surface area (Å²) in [4.78, 5) is 11.5. The number of hydrogen-bond acceptors (Lipinski definition) is 1. The van der Waals surface area contributed by atoms with Crippen molar-refractivity contribution in [3.05, 3.63) is 0 Å². The molecule has 0 aliphatic heterocycles. The van der Waals surface area contributed by atoms with Crippen LogP contribution in [0.15, 0.2) is 0 Å². The Balaban J connectivity index is 2.13. The summed E-state index contributed by atoms with van der Waals surface area (Å²) in [5.74, 6) is 1.56. The fourth-order valence-corrected chi connectivity index (χ4v) is 2.47. The van der Waals surface area contributed by atoms with E-state index < -0.39 is 0 Å². The number of nitrogens with one attached hydrogen (secondary N) is 1. The summed E-state index contributed by atoms with van der Waals surface area (Å²) in [6.45, 7) is 2.13. The highest BCUT2D eigenvalue weighted by molar-refractivity contribution is 6.17. The van der Waals surface area contributed by atoms with Gasteiger partial charge in [-0.05, 0) is 38.5 Å². The van der Waals surface area contributed by atoms with Crippen molar-refractivity contribution in [3.8, 4) is 0 Å². The van der Waals surface area contributed by atoms with Gasteiger partial charge in [-0.3, -0.25) is 4.79 Å². The molecule has 1 N–H and O–H groups in total. The Hall–Kier alpha value is -0.240. The second-order valence-corrected chi connectivity index (χ2v) is 4.92. The predicted molar refractivity (Wildman–Crippen MR) is 64.1 cm³/mol. The summed E-state index contributed by atoms with van der Waals surface area (Å²) in [6, 6.07) is 0.357. The summed E-state index contributed by atoms with van der Waals surface area (Å²) >= 11 is 5.56. The van der Waals surface area contributed by atoms with E-state index in [1.54, 1.807) is 0 Å². The van der Waals surface area contributed by atoms with Crippen LogP contribution in [-0.2, 0) is 4.79 Å². The van der Waals surface area contributed by atoms with Gasteiger partial charge < -0.3 is 5.32 Å². The van der Waals surface area contributed by atoms with Crippen LogP contribution in [0.4, 0.5) is 0 Å². The summed E-state index contributed by atoms with van der Waals surface area (Å²) in [7, 11) is 0. The highest BCUT2D eigenvalue weighted by atomic mass is 35.5. The molecule has 1 atom stereocenters. The largest absolute Gasteiger partial charge is 0.353 e.